The standard InChI is InChI=1S/C18H28ClNO/c1-4-16(20)17(13-6-5-7-14(19)12-13)21-15-8-10-18(2,3)11-9-15/h5-7,12,15-17H,4,8-11,20H2,1-3H3. The molecule has 1 aliphatic carbocycles. The number of hydrogen-bond acceptors (Lipinski definition) is 2. The third-order valence-electron chi connectivity index (χ3n) is 4.66. The van der Waals surface area contributed by atoms with Gasteiger partial charge in [-0.15, -0.1) is 0 Å². The quantitative estimate of drug-likeness (QED) is 0.821. The third-order valence-corrected chi connectivity index (χ3v) is 4.90. The van der Waals surface area contributed by atoms with Crippen LogP contribution in [-0.2, 0) is 4.74 Å². The van der Waals surface area contributed by atoms with E-state index in [1.165, 1.54) is 12.8 Å². The molecule has 0 amide bonds. The molecule has 2 unspecified atom stereocenters. The van der Waals surface area contributed by atoms with Crippen molar-refractivity contribution < 1.29 is 4.74 Å². The topological polar surface area (TPSA) is 35.2 Å². The molecule has 1 aromatic rings. The zero-order valence-corrected chi connectivity index (χ0v) is 14.2. The highest BCUT2D eigenvalue weighted by Crippen LogP contribution is 2.38. The van der Waals surface area contributed by atoms with Crippen LogP contribution < -0.4 is 5.73 Å². The monoisotopic (exact) mass is 309 g/mol. The third kappa shape index (κ3) is 4.70. The van der Waals surface area contributed by atoms with Crippen molar-refractivity contribution in [3.8, 4) is 0 Å². The number of halogens is 1. The zero-order chi connectivity index (χ0) is 15.5. The van der Waals surface area contributed by atoms with Crippen LogP contribution in [0.25, 0.3) is 0 Å². The van der Waals surface area contributed by atoms with Gasteiger partial charge in [-0.05, 0) is 55.2 Å². The minimum absolute atomic E-state index is 0.0124. The van der Waals surface area contributed by atoms with Gasteiger partial charge in [0.25, 0.3) is 0 Å². The molecule has 0 heterocycles. The van der Waals surface area contributed by atoms with Gasteiger partial charge in [0.2, 0.25) is 0 Å². The summed E-state index contributed by atoms with van der Waals surface area (Å²) in [6.07, 6.45) is 5.86. The largest absolute Gasteiger partial charge is 0.369 e. The lowest BCUT2D eigenvalue weighted by molar-refractivity contribution is -0.0574. The van der Waals surface area contributed by atoms with Gasteiger partial charge in [0, 0.05) is 11.1 Å². The summed E-state index contributed by atoms with van der Waals surface area (Å²) in [5.74, 6) is 0. The Morgan fingerprint density at radius 3 is 2.57 bits per heavy atom. The average Bonchev–Trinajstić information content (AvgIpc) is 2.45. The van der Waals surface area contributed by atoms with Crippen molar-refractivity contribution in [2.75, 3.05) is 0 Å². The van der Waals surface area contributed by atoms with Crippen molar-refractivity contribution in [3.05, 3.63) is 34.9 Å². The first-order valence-corrected chi connectivity index (χ1v) is 8.45. The Morgan fingerprint density at radius 2 is 2.00 bits per heavy atom. The molecular formula is C18H28ClNO. The molecule has 118 valence electrons. The molecule has 0 spiro atoms. The van der Waals surface area contributed by atoms with Gasteiger partial charge in [-0.3, -0.25) is 0 Å². The molecule has 21 heavy (non-hydrogen) atoms. The Bertz CT molecular complexity index is 450. The molecule has 1 fully saturated rings. The summed E-state index contributed by atoms with van der Waals surface area (Å²) in [6.45, 7) is 6.79. The van der Waals surface area contributed by atoms with Crippen LogP contribution in [0, 0.1) is 5.41 Å². The molecule has 1 aliphatic rings. The van der Waals surface area contributed by atoms with Gasteiger partial charge in [-0.2, -0.15) is 0 Å². The molecule has 0 aliphatic heterocycles. The van der Waals surface area contributed by atoms with Crippen molar-refractivity contribution in [2.24, 2.45) is 11.1 Å². The molecule has 2 N–H and O–H groups in total. The van der Waals surface area contributed by atoms with E-state index in [0.29, 0.717) is 11.5 Å². The maximum absolute atomic E-state index is 6.39. The van der Waals surface area contributed by atoms with Crippen LogP contribution >= 0.6 is 11.6 Å². The van der Waals surface area contributed by atoms with Crippen LogP contribution in [0.1, 0.15) is 64.5 Å². The molecule has 2 atom stereocenters. The highest BCUT2D eigenvalue weighted by molar-refractivity contribution is 6.30. The number of nitrogens with two attached hydrogens (primary N) is 1. The van der Waals surface area contributed by atoms with Crippen LogP contribution in [-0.4, -0.2) is 12.1 Å². The molecule has 0 aromatic heterocycles. The lowest BCUT2D eigenvalue weighted by Gasteiger charge is -2.37. The molecule has 0 saturated heterocycles. The van der Waals surface area contributed by atoms with E-state index in [-0.39, 0.29) is 12.1 Å². The first-order chi connectivity index (χ1) is 9.91. The van der Waals surface area contributed by atoms with E-state index in [0.717, 1.165) is 29.8 Å². The average molecular weight is 310 g/mol. The minimum atomic E-state index is -0.0556. The van der Waals surface area contributed by atoms with E-state index in [9.17, 15) is 0 Å². The summed E-state index contributed by atoms with van der Waals surface area (Å²) in [5.41, 5.74) is 7.86. The van der Waals surface area contributed by atoms with E-state index < -0.39 is 0 Å². The summed E-state index contributed by atoms with van der Waals surface area (Å²) in [5, 5.41) is 0.745. The van der Waals surface area contributed by atoms with Crippen molar-refractivity contribution in [2.45, 2.75) is 71.1 Å². The van der Waals surface area contributed by atoms with E-state index in [1.54, 1.807) is 0 Å². The van der Waals surface area contributed by atoms with Gasteiger partial charge in [-0.1, -0.05) is 44.5 Å². The first kappa shape index (κ1) is 16.8. The summed E-state index contributed by atoms with van der Waals surface area (Å²) in [4.78, 5) is 0. The molecule has 0 radical (unpaired) electrons. The number of benzene rings is 1. The summed E-state index contributed by atoms with van der Waals surface area (Å²) < 4.78 is 6.39. The fourth-order valence-corrected chi connectivity index (χ4v) is 3.24. The SMILES string of the molecule is CCC(N)C(OC1CCC(C)(C)CC1)c1cccc(Cl)c1. The van der Waals surface area contributed by atoms with Gasteiger partial charge in [0.1, 0.15) is 0 Å². The second kappa shape index (κ2) is 7.13. The molecular weight excluding hydrogens is 282 g/mol. The van der Waals surface area contributed by atoms with Gasteiger partial charge in [0.05, 0.1) is 12.2 Å². The lowest BCUT2D eigenvalue weighted by atomic mass is 9.76. The Labute approximate surface area is 134 Å². The van der Waals surface area contributed by atoms with Crippen molar-refractivity contribution in [3.63, 3.8) is 0 Å². The molecule has 3 heteroatoms. The highest BCUT2D eigenvalue weighted by atomic mass is 35.5. The number of ether oxygens (including phenoxy) is 1. The highest BCUT2D eigenvalue weighted by Gasteiger charge is 2.30. The van der Waals surface area contributed by atoms with Crippen molar-refractivity contribution >= 4 is 11.6 Å². The van der Waals surface area contributed by atoms with E-state index in [2.05, 4.69) is 26.8 Å². The molecule has 1 aromatic carbocycles. The molecule has 2 rings (SSSR count). The van der Waals surface area contributed by atoms with Crippen molar-refractivity contribution in [1.82, 2.24) is 0 Å². The number of hydrogen-bond donors (Lipinski definition) is 1. The molecule has 1 saturated carbocycles. The van der Waals surface area contributed by atoms with Gasteiger partial charge >= 0.3 is 0 Å². The predicted molar refractivity (Wildman–Crippen MR) is 89.6 cm³/mol. The normalized spacial score (nSPS) is 22.0. The molecule has 2 nitrogen and oxygen atoms in total. The van der Waals surface area contributed by atoms with Gasteiger partial charge in [0.15, 0.2) is 0 Å². The van der Waals surface area contributed by atoms with Crippen LogP contribution in [0.5, 0.6) is 0 Å². The zero-order valence-electron chi connectivity index (χ0n) is 13.4. The lowest BCUT2D eigenvalue weighted by Crippen LogP contribution is -2.35. The number of rotatable bonds is 5. The maximum atomic E-state index is 6.39. The summed E-state index contributed by atoms with van der Waals surface area (Å²) >= 11 is 6.12. The second-order valence-corrected chi connectivity index (χ2v) is 7.48. The van der Waals surface area contributed by atoms with Gasteiger partial charge < -0.3 is 10.5 Å². The van der Waals surface area contributed by atoms with Crippen LogP contribution in [0.15, 0.2) is 24.3 Å². The summed E-state index contributed by atoms with van der Waals surface area (Å²) in [7, 11) is 0. The van der Waals surface area contributed by atoms with Gasteiger partial charge in [-0.25, -0.2) is 0 Å². The van der Waals surface area contributed by atoms with Crippen LogP contribution in [0.3, 0.4) is 0 Å². The summed E-state index contributed by atoms with van der Waals surface area (Å²) in [6, 6.07) is 7.93. The minimum Gasteiger partial charge on any atom is -0.369 e. The fraction of sp³-hybridized carbons (Fsp3) is 0.667. The Balaban J connectivity index is 2.07. The van der Waals surface area contributed by atoms with Crippen LogP contribution in [0.4, 0.5) is 0 Å². The maximum Gasteiger partial charge on any atom is 0.0979 e. The predicted octanol–water partition coefficient (Wildman–Crippen LogP) is 5.10. The van der Waals surface area contributed by atoms with E-state index in [4.69, 9.17) is 22.1 Å². The van der Waals surface area contributed by atoms with E-state index >= 15 is 0 Å². The Kier molecular flexibility index (Phi) is 5.70. The second-order valence-electron chi connectivity index (χ2n) is 7.05. The Hall–Kier alpha value is -0.570. The molecule has 0 bridgehead atoms. The Morgan fingerprint density at radius 1 is 1.33 bits per heavy atom. The van der Waals surface area contributed by atoms with E-state index in [1.807, 2.05) is 18.2 Å². The van der Waals surface area contributed by atoms with Crippen LogP contribution in [0.2, 0.25) is 5.02 Å². The smallest absolute Gasteiger partial charge is 0.0979 e. The first-order valence-electron chi connectivity index (χ1n) is 8.08. The fourth-order valence-electron chi connectivity index (χ4n) is 3.04. The van der Waals surface area contributed by atoms with Crippen molar-refractivity contribution in [1.29, 1.82) is 0 Å².